The van der Waals surface area contributed by atoms with E-state index in [4.69, 9.17) is 5.73 Å². The second-order valence-electron chi connectivity index (χ2n) is 2.99. The highest BCUT2D eigenvalue weighted by Crippen LogP contribution is 2.29. The van der Waals surface area contributed by atoms with Gasteiger partial charge < -0.3 is 10.5 Å². The maximum atomic E-state index is 12.0. The van der Waals surface area contributed by atoms with E-state index in [-0.39, 0.29) is 12.3 Å². The van der Waals surface area contributed by atoms with Gasteiger partial charge in [-0.1, -0.05) is 0 Å². The zero-order chi connectivity index (χ0) is 11.8. The van der Waals surface area contributed by atoms with Crippen LogP contribution >= 0.6 is 11.3 Å². The van der Waals surface area contributed by atoms with E-state index in [1.165, 1.54) is 29.5 Å². The Hall–Kier alpha value is -1.34. The van der Waals surface area contributed by atoms with Gasteiger partial charge in [0.1, 0.15) is 10.8 Å². The summed E-state index contributed by atoms with van der Waals surface area (Å²) in [4.78, 5) is 4.13. The van der Waals surface area contributed by atoms with E-state index >= 15 is 0 Å². The van der Waals surface area contributed by atoms with Crippen molar-refractivity contribution in [2.45, 2.75) is 12.9 Å². The number of hydrogen-bond acceptors (Lipinski definition) is 4. The average Bonchev–Trinajstić information content (AvgIpc) is 2.57. The molecule has 16 heavy (non-hydrogen) atoms. The molecule has 86 valence electrons. The maximum absolute atomic E-state index is 12.0. The fourth-order valence-corrected chi connectivity index (χ4v) is 2.11. The van der Waals surface area contributed by atoms with Crippen molar-refractivity contribution in [1.29, 1.82) is 0 Å². The van der Waals surface area contributed by atoms with Crippen molar-refractivity contribution in [3.63, 3.8) is 0 Å². The van der Waals surface area contributed by atoms with Gasteiger partial charge in [0.05, 0.1) is 10.2 Å². The largest absolute Gasteiger partial charge is 0.573 e. The predicted molar refractivity (Wildman–Crippen MR) is 54.2 cm³/mol. The van der Waals surface area contributed by atoms with Crippen LogP contribution in [0.1, 0.15) is 5.01 Å². The third kappa shape index (κ3) is 2.42. The Bertz CT molecular complexity index is 509. The molecule has 2 rings (SSSR count). The maximum Gasteiger partial charge on any atom is 0.573 e. The summed E-state index contributed by atoms with van der Waals surface area (Å²) in [6, 6.07) is 4.02. The number of fused-ring (bicyclic) bond motifs is 1. The van der Waals surface area contributed by atoms with Gasteiger partial charge in [-0.25, -0.2) is 4.98 Å². The molecule has 3 nitrogen and oxygen atoms in total. The molecule has 1 heterocycles. The van der Waals surface area contributed by atoms with Crippen LogP contribution in [0.25, 0.3) is 10.2 Å². The third-order valence-electron chi connectivity index (χ3n) is 1.81. The molecule has 7 heteroatoms. The van der Waals surface area contributed by atoms with E-state index in [0.29, 0.717) is 15.2 Å². The van der Waals surface area contributed by atoms with Crippen LogP contribution in [0.2, 0.25) is 0 Å². The van der Waals surface area contributed by atoms with E-state index in [1.54, 1.807) is 0 Å². The van der Waals surface area contributed by atoms with Crippen LogP contribution in [-0.4, -0.2) is 11.3 Å². The average molecular weight is 248 g/mol. The molecule has 0 atom stereocenters. The van der Waals surface area contributed by atoms with Gasteiger partial charge in [-0.05, 0) is 18.2 Å². The number of aromatic nitrogens is 1. The Morgan fingerprint density at radius 2 is 2.12 bits per heavy atom. The first-order valence-electron chi connectivity index (χ1n) is 4.33. The smallest absolute Gasteiger partial charge is 0.406 e. The minimum absolute atomic E-state index is 0.243. The van der Waals surface area contributed by atoms with Crippen LogP contribution < -0.4 is 10.5 Å². The standard InChI is InChI=1S/C9H7F3N2OS/c10-9(11,12)15-5-1-2-6-7(3-5)16-8(4-13)14-6/h1-3H,4,13H2. The number of rotatable bonds is 2. The number of nitrogens with zero attached hydrogens (tertiary/aromatic N) is 1. The van der Waals surface area contributed by atoms with Crippen LogP contribution in [-0.2, 0) is 6.54 Å². The molecule has 0 aliphatic carbocycles. The highest BCUT2D eigenvalue weighted by molar-refractivity contribution is 7.18. The van der Waals surface area contributed by atoms with Crippen molar-refractivity contribution in [3.8, 4) is 5.75 Å². The third-order valence-corrected chi connectivity index (χ3v) is 2.85. The Morgan fingerprint density at radius 1 is 1.38 bits per heavy atom. The summed E-state index contributed by atoms with van der Waals surface area (Å²) >= 11 is 1.25. The van der Waals surface area contributed by atoms with Crippen molar-refractivity contribution in [2.24, 2.45) is 5.73 Å². The predicted octanol–water partition coefficient (Wildman–Crippen LogP) is 2.65. The number of hydrogen-bond donors (Lipinski definition) is 1. The van der Waals surface area contributed by atoms with Crippen molar-refractivity contribution < 1.29 is 17.9 Å². The topological polar surface area (TPSA) is 48.1 Å². The number of benzene rings is 1. The van der Waals surface area contributed by atoms with Crippen molar-refractivity contribution in [2.75, 3.05) is 0 Å². The Labute approximate surface area is 92.7 Å². The molecule has 0 amide bonds. The molecule has 2 N–H and O–H groups in total. The van der Waals surface area contributed by atoms with Crippen LogP contribution in [0.15, 0.2) is 18.2 Å². The highest BCUT2D eigenvalue weighted by atomic mass is 32.1. The number of alkyl halides is 3. The number of halogens is 3. The molecule has 0 spiro atoms. The lowest BCUT2D eigenvalue weighted by Gasteiger charge is -2.07. The first-order chi connectivity index (χ1) is 7.48. The highest BCUT2D eigenvalue weighted by Gasteiger charge is 2.31. The van der Waals surface area contributed by atoms with Crippen LogP contribution in [0.4, 0.5) is 13.2 Å². The summed E-state index contributed by atoms with van der Waals surface area (Å²) in [5.74, 6) is -0.243. The molecule has 0 fully saturated rings. The Kier molecular flexibility index (Phi) is 2.73. The molecule has 0 bridgehead atoms. The van der Waals surface area contributed by atoms with E-state index in [0.717, 1.165) is 0 Å². The summed E-state index contributed by atoms with van der Waals surface area (Å²) in [5.41, 5.74) is 6.02. The monoisotopic (exact) mass is 248 g/mol. The van der Waals surface area contributed by atoms with Crippen molar-refractivity contribution >= 4 is 21.6 Å². The molecule has 0 saturated carbocycles. The molecule has 0 unspecified atom stereocenters. The van der Waals surface area contributed by atoms with Gasteiger partial charge >= 0.3 is 6.36 Å². The van der Waals surface area contributed by atoms with Crippen LogP contribution in [0, 0.1) is 0 Å². The minimum atomic E-state index is -4.67. The summed E-state index contributed by atoms with van der Waals surface area (Å²) in [6.07, 6.45) is -4.67. The van der Waals surface area contributed by atoms with E-state index in [9.17, 15) is 13.2 Å². The zero-order valence-corrected chi connectivity index (χ0v) is 8.73. The first kappa shape index (κ1) is 11.2. The first-order valence-corrected chi connectivity index (χ1v) is 5.15. The Balaban J connectivity index is 2.36. The Morgan fingerprint density at radius 3 is 2.75 bits per heavy atom. The van der Waals surface area contributed by atoms with E-state index < -0.39 is 6.36 Å². The van der Waals surface area contributed by atoms with E-state index in [1.807, 2.05) is 0 Å². The van der Waals surface area contributed by atoms with Crippen molar-refractivity contribution in [1.82, 2.24) is 4.98 Å². The lowest BCUT2D eigenvalue weighted by atomic mass is 10.3. The molecular formula is C9H7F3N2OS. The summed E-state index contributed by atoms with van der Waals surface area (Å²) in [7, 11) is 0. The molecule has 2 aromatic rings. The van der Waals surface area contributed by atoms with Gasteiger partial charge in [-0.2, -0.15) is 0 Å². The minimum Gasteiger partial charge on any atom is -0.406 e. The second kappa shape index (κ2) is 3.91. The van der Waals surface area contributed by atoms with Crippen LogP contribution in [0.5, 0.6) is 5.75 Å². The van der Waals surface area contributed by atoms with Crippen LogP contribution in [0.3, 0.4) is 0 Å². The van der Waals surface area contributed by atoms with Gasteiger partial charge in [0.15, 0.2) is 0 Å². The molecule has 0 aliphatic rings. The molecule has 0 saturated heterocycles. The van der Waals surface area contributed by atoms with Gasteiger partial charge in [0.25, 0.3) is 0 Å². The summed E-state index contributed by atoms with van der Waals surface area (Å²) in [6.45, 7) is 0.273. The lowest BCUT2D eigenvalue weighted by Crippen LogP contribution is -2.16. The van der Waals surface area contributed by atoms with Gasteiger partial charge in [0, 0.05) is 6.54 Å². The molecule has 0 radical (unpaired) electrons. The summed E-state index contributed by atoms with van der Waals surface area (Å²) in [5, 5.41) is 0.680. The van der Waals surface area contributed by atoms with Crippen molar-refractivity contribution in [3.05, 3.63) is 23.2 Å². The molecule has 1 aromatic heterocycles. The number of thiazole rings is 1. The summed E-state index contributed by atoms with van der Waals surface area (Å²) < 4.78 is 40.3. The van der Waals surface area contributed by atoms with Gasteiger partial charge in [-0.15, -0.1) is 24.5 Å². The molecular weight excluding hydrogens is 241 g/mol. The SMILES string of the molecule is NCc1nc2ccc(OC(F)(F)F)cc2s1. The number of ether oxygens (including phenoxy) is 1. The van der Waals surface area contributed by atoms with E-state index in [2.05, 4.69) is 9.72 Å². The second-order valence-corrected chi connectivity index (χ2v) is 4.10. The normalized spacial score (nSPS) is 12.0. The van der Waals surface area contributed by atoms with Gasteiger partial charge in [-0.3, -0.25) is 0 Å². The molecule has 1 aromatic carbocycles. The molecule has 0 aliphatic heterocycles. The fraction of sp³-hybridized carbons (Fsp3) is 0.222. The quantitative estimate of drug-likeness (QED) is 0.888. The number of nitrogens with two attached hydrogens (primary N) is 1. The lowest BCUT2D eigenvalue weighted by molar-refractivity contribution is -0.274. The zero-order valence-electron chi connectivity index (χ0n) is 7.91. The van der Waals surface area contributed by atoms with Gasteiger partial charge in [0.2, 0.25) is 0 Å². The fourth-order valence-electron chi connectivity index (χ4n) is 1.24.